The predicted molar refractivity (Wildman–Crippen MR) is 91.9 cm³/mol. The molecule has 132 valence electrons. The zero-order chi connectivity index (χ0) is 17.3. The summed E-state index contributed by atoms with van der Waals surface area (Å²) in [6.07, 6.45) is 1.57. The molecule has 1 saturated carbocycles. The summed E-state index contributed by atoms with van der Waals surface area (Å²) in [5.41, 5.74) is 0.658. The molecule has 2 aliphatic rings. The van der Waals surface area contributed by atoms with Gasteiger partial charge in [0.15, 0.2) is 9.84 Å². The van der Waals surface area contributed by atoms with Crippen molar-refractivity contribution in [2.45, 2.75) is 36.3 Å². The standard InChI is InChI=1S/C17H22ClNO4S/c1-12-10-14(18)3-5-16(12)24(21,22)15-4-2-13(11-15)17(20)19-6-8-23-9-7-19/h3,5,10,13,15H,2,4,6-9,11H2,1H3. The van der Waals surface area contributed by atoms with Gasteiger partial charge in [0.1, 0.15) is 0 Å². The molecule has 1 amide bonds. The van der Waals surface area contributed by atoms with Gasteiger partial charge in [0.25, 0.3) is 0 Å². The van der Waals surface area contributed by atoms with Crippen LogP contribution in [0.1, 0.15) is 24.8 Å². The highest BCUT2D eigenvalue weighted by Crippen LogP contribution is 2.36. The molecule has 0 N–H and O–H groups in total. The minimum Gasteiger partial charge on any atom is -0.378 e. The van der Waals surface area contributed by atoms with Crippen molar-refractivity contribution in [2.24, 2.45) is 5.92 Å². The number of halogens is 1. The van der Waals surface area contributed by atoms with Crippen LogP contribution >= 0.6 is 11.6 Å². The number of hydrogen-bond donors (Lipinski definition) is 0. The lowest BCUT2D eigenvalue weighted by Gasteiger charge is -2.29. The number of rotatable bonds is 3. The Labute approximate surface area is 147 Å². The molecule has 1 heterocycles. The molecule has 2 fully saturated rings. The van der Waals surface area contributed by atoms with Crippen LogP contribution in [-0.2, 0) is 19.4 Å². The van der Waals surface area contributed by atoms with Crippen LogP contribution in [0.5, 0.6) is 0 Å². The number of ether oxygens (including phenoxy) is 1. The summed E-state index contributed by atoms with van der Waals surface area (Å²) in [5.74, 6) is -0.126. The van der Waals surface area contributed by atoms with E-state index in [2.05, 4.69) is 0 Å². The quantitative estimate of drug-likeness (QED) is 0.818. The minimum absolute atomic E-state index is 0.0730. The number of aryl methyl sites for hydroxylation is 1. The molecule has 2 atom stereocenters. The van der Waals surface area contributed by atoms with E-state index in [1.54, 1.807) is 30.0 Å². The van der Waals surface area contributed by atoms with Crippen LogP contribution in [0.15, 0.2) is 23.1 Å². The van der Waals surface area contributed by atoms with Crippen molar-refractivity contribution in [3.63, 3.8) is 0 Å². The lowest BCUT2D eigenvalue weighted by molar-refractivity contribution is -0.139. The van der Waals surface area contributed by atoms with Gasteiger partial charge in [0.05, 0.1) is 23.4 Å². The normalized spacial score (nSPS) is 25.0. The van der Waals surface area contributed by atoms with E-state index in [1.165, 1.54) is 0 Å². The van der Waals surface area contributed by atoms with Crippen molar-refractivity contribution in [3.05, 3.63) is 28.8 Å². The summed E-state index contributed by atoms with van der Waals surface area (Å²) in [6.45, 7) is 4.07. The fraction of sp³-hybridized carbons (Fsp3) is 0.588. The van der Waals surface area contributed by atoms with Crippen molar-refractivity contribution in [2.75, 3.05) is 26.3 Å². The van der Waals surface area contributed by atoms with E-state index in [-0.39, 0.29) is 11.8 Å². The number of carbonyl (C=O) groups excluding carboxylic acids is 1. The SMILES string of the molecule is Cc1cc(Cl)ccc1S(=O)(=O)C1CCC(C(=O)N2CCOCC2)C1. The van der Waals surface area contributed by atoms with Crippen molar-refractivity contribution in [1.29, 1.82) is 0 Å². The molecule has 7 heteroatoms. The molecule has 24 heavy (non-hydrogen) atoms. The molecule has 1 aliphatic heterocycles. The van der Waals surface area contributed by atoms with Crippen LogP contribution in [0.3, 0.4) is 0 Å². The third-order valence-electron chi connectivity index (χ3n) is 4.94. The first-order valence-corrected chi connectivity index (χ1v) is 10.2. The molecule has 3 rings (SSSR count). The summed E-state index contributed by atoms with van der Waals surface area (Å²) in [4.78, 5) is 14.7. The van der Waals surface area contributed by atoms with Crippen LogP contribution in [0, 0.1) is 12.8 Å². The third kappa shape index (κ3) is 3.46. The molecular weight excluding hydrogens is 350 g/mol. The van der Waals surface area contributed by atoms with Crippen LogP contribution in [0.4, 0.5) is 0 Å². The second kappa shape index (κ2) is 7.02. The van der Waals surface area contributed by atoms with Crippen LogP contribution in [0.2, 0.25) is 5.02 Å². The monoisotopic (exact) mass is 371 g/mol. The van der Waals surface area contributed by atoms with Crippen LogP contribution in [-0.4, -0.2) is 50.8 Å². The van der Waals surface area contributed by atoms with Crippen LogP contribution in [0.25, 0.3) is 0 Å². The Morgan fingerprint density at radius 2 is 1.96 bits per heavy atom. The van der Waals surface area contributed by atoms with Gasteiger partial charge in [0.2, 0.25) is 5.91 Å². The minimum atomic E-state index is -3.44. The number of amides is 1. The first-order valence-electron chi connectivity index (χ1n) is 8.26. The number of carbonyl (C=O) groups is 1. The number of sulfone groups is 1. The highest BCUT2D eigenvalue weighted by molar-refractivity contribution is 7.92. The second-order valence-corrected chi connectivity index (χ2v) is 9.16. The Hall–Kier alpha value is -1.11. The van der Waals surface area contributed by atoms with E-state index in [0.29, 0.717) is 61.0 Å². The lowest BCUT2D eigenvalue weighted by atomic mass is 10.1. The summed E-state index contributed by atoms with van der Waals surface area (Å²) < 4.78 is 31.1. The Kier molecular flexibility index (Phi) is 5.18. The Bertz CT molecular complexity index is 728. The highest BCUT2D eigenvalue weighted by atomic mass is 35.5. The average Bonchev–Trinajstić information content (AvgIpc) is 3.05. The van der Waals surface area contributed by atoms with Crippen molar-refractivity contribution in [3.8, 4) is 0 Å². The van der Waals surface area contributed by atoms with Crippen LogP contribution < -0.4 is 0 Å². The van der Waals surface area contributed by atoms with Crippen molar-refractivity contribution in [1.82, 2.24) is 4.90 Å². The van der Waals surface area contributed by atoms with Crippen molar-refractivity contribution < 1.29 is 17.9 Å². The largest absolute Gasteiger partial charge is 0.378 e. The van der Waals surface area contributed by atoms with Gasteiger partial charge in [-0.1, -0.05) is 11.6 Å². The zero-order valence-corrected chi connectivity index (χ0v) is 15.3. The molecule has 1 saturated heterocycles. The van der Waals surface area contributed by atoms with Gasteiger partial charge in [-0.25, -0.2) is 8.42 Å². The molecular formula is C17H22ClNO4S. The number of morpholine rings is 1. The zero-order valence-electron chi connectivity index (χ0n) is 13.7. The fourth-order valence-corrected chi connectivity index (χ4v) is 5.88. The maximum atomic E-state index is 12.9. The van der Waals surface area contributed by atoms with E-state index in [9.17, 15) is 13.2 Å². The smallest absolute Gasteiger partial charge is 0.225 e. The van der Waals surface area contributed by atoms with Gasteiger partial charge in [0, 0.05) is 24.0 Å². The molecule has 0 bridgehead atoms. The van der Waals surface area contributed by atoms with Gasteiger partial charge in [-0.15, -0.1) is 0 Å². The lowest BCUT2D eigenvalue weighted by Crippen LogP contribution is -2.43. The second-order valence-electron chi connectivity index (χ2n) is 6.52. The van der Waals surface area contributed by atoms with Gasteiger partial charge in [-0.05, 0) is 49.9 Å². The van der Waals surface area contributed by atoms with Gasteiger partial charge in [-0.2, -0.15) is 0 Å². The van der Waals surface area contributed by atoms with E-state index < -0.39 is 15.1 Å². The van der Waals surface area contributed by atoms with Gasteiger partial charge in [-0.3, -0.25) is 4.79 Å². The maximum Gasteiger partial charge on any atom is 0.225 e. The molecule has 0 aromatic heterocycles. The van der Waals surface area contributed by atoms with Gasteiger partial charge < -0.3 is 9.64 Å². The average molecular weight is 372 g/mol. The molecule has 1 aliphatic carbocycles. The topological polar surface area (TPSA) is 63.7 Å². The predicted octanol–water partition coefficient (Wildman–Crippen LogP) is 2.45. The third-order valence-corrected chi connectivity index (χ3v) is 7.55. The Balaban J connectivity index is 1.73. The summed E-state index contributed by atoms with van der Waals surface area (Å²) >= 11 is 5.92. The molecule has 0 spiro atoms. The first-order chi connectivity index (χ1) is 11.4. The summed E-state index contributed by atoms with van der Waals surface area (Å²) in [6, 6.07) is 4.84. The first kappa shape index (κ1) is 17.7. The summed E-state index contributed by atoms with van der Waals surface area (Å²) in [7, 11) is -3.44. The molecule has 1 aromatic carbocycles. The Morgan fingerprint density at radius 1 is 1.25 bits per heavy atom. The maximum absolute atomic E-state index is 12.9. The number of hydrogen-bond acceptors (Lipinski definition) is 4. The molecule has 0 radical (unpaired) electrons. The molecule has 5 nitrogen and oxygen atoms in total. The molecule has 2 unspecified atom stereocenters. The van der Waals surface area contributed by atoms with E-state index in [1.807, 2.05) is 0 Å². The van der Waals surface area contributed by atoms with Gasteiger partial charge >= 0.3 is 0 Å². The number of benzene rings is 1. The number of nitrogens with zero attached hydrogens (tertiary/aromatic N) is 1. The van der Waals surface area contributed by atoms with E-state index in [4.69, 9.17) is 16.3 Å². The summed E-state index contributed by atoms with van der Waals surface area (Å²) in [5, 5.41) is 0.0330. The molecule has 1 aromatic rings. The Morgan fingerprint density at radius 3 is 2.62 bits per heavy atom. The van der Waals surface area contributed by atoms with Crippen molar-refractivity contribution >= 4 is 27.3 Å². The van der Waals surface area contributed by atoms with E-state index >= 15 is 0 Å². The highest BCUT2D eigenvalue weighted by Gasteiger charge is 2.40. The van der Waals surface area contributed by atoms with E-state index in [0.717, 1.165) is 0 Å². The fourth-order valence-electron chi connectivity index (χ4n) is 3.60.